The molecule has 0 N–H and O–H groups in total. The zero-order chi connectivity index (χ0) is 9.07. The van der Waals surface area contributed by atoms with Gasteiger partial charge in [-0.3, -0.25) is 0 Å². The molecule has 0 saturated heterocycles. The van der Waals surface area contributed by atoms with Crippen molar-refractivity contribution >= 4 is 0 Å². The minimum atomic E-state index is 0.580. The van der Waals surface area contributed by atoms with Gasteiger partial charge in [-0.15, -0.1) is 11.8 Å². The van der Waals surface area contributed by atoms with Crippen molar-refractivity contribution in [2.24, 2.45) is 0 Å². The van der Waals surface area contributed by atoms with E-state index in [9.17, 15) is 0 Å². The van der Waals surface area contributed by atoms with E-state index < -0.39 is 0 Å². The summed E-state index contributed by atoms with van der Waals surface area (Å²) in [7, 11) is 0. The number of hydrogen-bond acceptors (Lipinski definition) is 2. The van der Waals surface area contributed by atoms with E-state index in [-0.39, 0.29) is 0 Å². The van der Waals surface area contributed by atoms with Crippen LogP contribution in [-0.2, 0) is 9.78 Å². The predicted molar refractivity (Wildman–Crippen MR) is 49.5 cm³/mol. The lowest BCUT2D eigenvalue weighted by atomic mass is 10.4. The van der Waals surface area contributed by atoms with Crippen LogP contribution in [0.4, 0.5) is 0 Å². The van der Waals surface area contributed by atoms with Crippen molar-refractivity contribution in [3.8, 4) is 11.8 Å². The normalized spacial score (nSPS) is 9.17. The Kier molecular flexibility index (Phi) is 10.0. The minimum absolute atomic E-state index is 0.580. The molecule has 0 radical (unpaired) electrons. The van der Waals surface area contributed by atoms with Crippen molar-refractivity contribution in [1.29, 1.82) is 0 Å². The summed E-state index contributed by atoms with van der Waals surface area (Å²) in [4.78, 5) is 9.77. The average molecular weight is 170 g/mol. The third-order valence-electron chi connectivity index (χ3n) is 1.28. The van der Waals surface area contributed by atoms with Gasteiger partial charge in [-0.25, -0.2) is 9.78 Å². The molecule has 0 amide bonds. The maximum Gasteiger partial charge on any atom is 0.0931 e. The lowest BCUT2D eigenvalue weighted by Crippen LogP contribution is -1.97. The molecule has 0 atom stereocenters. The number of unbranched alkanes of at least 4 members (excludes halogenated alkanes) is 1. The summed E-state index contributed by atoms with van der Waals surface area (Å²) in [6, 6.07) is 0. The Morgan fingerprint density at radius 3 is 2.42 bits per heavy atom. The highest BCUT2D eigenvalue weighted by Crippen LogP contribution is 1.89. The van der Waals surface area contributed by atoms with Crippen LogP contribution >= 0.6 is 0 Å². The molecular formula is C10H18O2. The van der Waals surface area contributed by atoms with Gasteiger partial charge in [-0.1, -0.05) is 20.3 Å². The van der Waals surface area contributed by atoms with Crippen LogP contribution in [0.5, 0.6) is 0 Å². The Labute approximate surface area is 75.2 Å². The van der Waals surface area contributed by atoms with Gasteiger partial charge in [0.25, 0.3) is 0 Å². The van der Waals surface area contributed by atoms with Crippen LogP contribution in [0.1, 0.15) is 39.5 Å². The molecule has 0 fully saturated rings. The predicted octanol–water partition coefficient (Wildman–Crippen LogP) is 2.54. The maximum absolute atomic E-state index is 4.89. The smallest absolute Gasteiger partial charge is 0.0931 e. The first-order chi connectivity index (χ1) is 5.91. The molecule has 0 aliphatic carbocycles. The largest absolute Gasteiger partial charge is 0.237 e. The Balaban J connectivity index is 2.91. The molecule has 0 aromatic rings. The average Bonchev–Trinajstić information content (AvgIpc) is 2.10. The van der Waals surface area contributed by atoms with Gasteiger partial charge in [0.05, 0.1) is 13.2 Å². The highest BCUT2D eigenvalue weighted by atomic mass is 17.2. The van der Waals surface area contributed by atoms with E-state index in [0.717, 1.165) is 25.7 Å². The third kappa shape index (κ3) is 9.48. The van der Waals surface area contributed by atoms with Crippen molar-refractivity contribution in [3.63, 3.8) is 0 Å². The molecule has 0 rings (SSSR count). The Hall–Kier alpha value is -0.520. The molecular weight excluding hydrogens is 152 g/mol. The van der Waals surface area contributed by atoms with Crippen LogP contribution in [0.3, 0.4) is 0 Å². The van der Waals surface area contributed by atoms with Crippen LogP contribution in [-0.4, -0.2) is 13.2 Å². The molecule has 0 aromatic heterocycles. The summed E-state index contributed by atoms with van der Waals surface area (Å²) in [5.74, 6) is 5.94. The van der Waals surface area contributed by atoms with Crippen molar-refractivity contribution in [2.45, 2.75) is 39.5 Å². The fraction of sp³-hybridized carbons (Fsp3) is 0.800. The van der Waals surface area contributed by atoms with E-state index in [0.29, 0.717) is 13.2 Å². The summed E-state index contributed by atoms with van der Waals surface area (Å²) in [6.07, 6.45) is 3.87. The molecule has 0 saturated carbocycles. The van der Waals surface area contributed by atoms with Crippen LogP contribution in [0.25, 0.3) is 0 Å². The van der Waals surface area contributed by atoms with E-state index >= 15 is 0 Å². The molecule has 2 heteroatoms. The molecule has 0 aliphatic rings. The first-order valence-electron chi connectivity index (χ1n) is 4.62. The monoisotopic (exact) mass is 170 g/mol. The molecule has 0 aliphatic heterocycles. The number of hydrogen-bond donors (Lipinski definition) is 0. The molecule has 0 heterocycles. The highest BCUT2D eigenvalue weighted by Gasteiger charge is 1.86. The van der Waals surface area contributed by atoms with Crippen molar-refractivity contribution in [3.05, 3.63) is 0 Å². The lowest BCUT2D eigenvalue weighted by molar-refractivity contribution is -0.293. The summed E-state index contributed by atoms with van der Waals surface area (Å²) < 4.78 is 0. The first-order valence-corrected chi connectivity index (χ1v) is 4.62. The van der Waals surface area contributed by atoms with Gasteiger partial charge >= 0.3 is 0 Å². The molecule has 0 unspecified atom stereocenters. The van der Waals surface area contributed by atoms with Crippen LogP contribution in [0.15, 0.2) is 0 Å². The van der Waals surface area contributed by atoms with Gasteiger partial charge in [0.1, 0.15) is 0 Å². The van der Waals surface area contributed by atoms with Crippen LogP contribution in [0, 0.1) is 11.8 Å². The van der Waals surface area contributed by atoms with Gasteiger partial charge in [-0.05, 0) is 6.42 Å². The third-order valence-corrected chi connectivity index (χ3v) is 1.28. The topological polar surface area (TPSA) is 18.5 Å². The SMILES string of the molecule is CCC#CCCOOCCCC. The maximum atomic E-state index is 4.89. The highest BCUT2D eigenvalue weighted by molar-refractivity contribution is 4.97. The van der Waals surface area contributed by atoms with Gasteiger partial charge < -0.3 is 0 Å². The Bertz CT molecular complexity index is 133. The van der Waals surface area contributed by atoms with Gasteiger partial charge in [-0.2, -0.15) is 0 Å². The van der Waals surface area contributed by atoms with Crippen LogP contribution < -0.4 is 0 Å². The summed E-state index contributed by atoms with van der Waals surface area (Å²) in [5, 5.41) is 0. The lowest BCUT2D eigenvalue weighted by Gasteiger charge is -1.99. The minimum Gasteiger partial charge on any atom is -0.237 e. The summed E-state index contributed by atoms with van der Waals surface area (Å²) in [6.45, 7) is 5.43. The first kappa shape index (κ1) is 11.5. The Morgan fingerprint density at radius 2 is 1.75 bits per heavy atom. The summed E-state index contributed by atoms with van der Waals surface area (Å²) in [5.41, 5.74) is 0. The number of rotatable bonds is 6. The summed E-state index contributed by atoms with van der Waals surface area (Å²) >= 11 is 0. The second kappa shape index (κ2) is 10.5. The standard InChI is InChI=1S/C10H18O2/c1-3-5-7-8-10-12-11-9-6-4-2/h3-4,6,8-10H2,1-2H3. The van der Waals surface area contributed by atoms with E-state index in [1.54, 1.807) is 0 Å². The van der Waals surface area contributed by atoms with Gasteiger partial charge in [0.15, 0.2) is 0 Å². The van der Waals surface area contributed by atoms with Gasteiger partial charge in [0.2, 0.25) is 0 Å². The molecule has 0 aromatic carbocycles. The zero-order valence-electron chi connectivity index (χ0n) is 8.06. The fourth-order valence-electron chi connectivity index (χ4n) is 0.627. The molecule has 70 valence electrons. The molecule has 0 bridgehead atoms. The van der Waals surface area contributed by atoms with E-state index in [1.165, 1.54) is 0 Å². The quantitative estimate of drug-likeness (QED) is 0.264. The fourth-order valence-corrected chi connectivity index (χ4v) is 0.627. The van der Waals surface area contributed by atoms with E-state index in [4.69, 9.17) is 9.78 Å². The molecule has 12 heavy (non-hydrogen) atoms. The second-order valence-corrected chi connectivity index (χ2v) is 2.45. The van der Waals surface area contributed by atoms with E-state index in [1.807, 2.05) is 6.92 Å². The zero-order valence-corrected chi connectivity index (χ0v) is 8.06. The molecule has 0 spiro atoms. The Morgan fingerprint density at radius 1 is 1.00 bits per heavy atom. The van der Waals surface area contributed by atoms with Gasteiger partial charge in [0, 0.05) is 12.8 Å². The van der Waals surface area contributed by atoms with Crippen molar-refractivity contribution in [1.82, 2.24) is 0 Å². The van der Waals surface area contributed by atoms with E-state index in [2.05, 4.69) is 18.8 Å². The van der Waals surface area contributed by atoms with Crippen LogP contribution in [0.2, 0.25) is 0 Å². The molecule has 2 nitrogen and oxygen atoms in total. The second-order valence-electron chi connectivity index (χ2n) is 2.45. The van der Waals surface area contributed by atoms with Crippen molar-refractivity contribution in [2.75, 3.05) is 13.2 Å². The van der Waals surface area contributed by atoms with Crippen molar-refractivity contribution < 1.29 is 9.78 Å².